The molecule has 56 heavy (non-hydrogen) atoms. The van der Waals surface area contributed by atoms with Gasteiger partial charge in [0.05, 0.1) is 18.0 Å². The molecule has 302 valence electrons. The van der Waals surface area contributed by atoms with Gasteiger partial charge in [-0.25, -0.2) is 27.1 Å². The average molecular weight is 796 g/mol. The molecule has 5 amide bonds. The first kappa shape index (κ1) is 40.7. The summed E-state index contributed by atoms with van der Waals surface area (Å²) in [6.45, 7) is 8.31. The second-order valence-electron chi connectivity index (χ2n) is 16.2. The smallest absolute Gasteiger partial charge is 0.410 e. The first-order chi connectivity index (χ1) is 26.4. The van der Waals surface area contributed by atoms with Crippen LogP contribution in [0.2, 0.25) is 0 Å². The van der Waals surface area contributed by atoms with Crippen LogP contribution in [0.3, 0.4) is 0 Å². The normalized spacial score (nSPS) is 25.5. The lowest BCUT2D eigenvalue weighted by atomic mass is 10.0. The molecule has 6 rings (SSSR count). The third kappa shape index (κ3) is 9.00. The Morgan fingerprint density at radius 2 is 1.80 bits per heavy atom. The zero-order valence-corrected chi connectivity index (χ0v) is 33.2. The van der Waals surface area contributed by atoms with E-state index >= 15 is 0 Å². The monoisotopic (exact) mass is 795 g/mol. The second kappa shape index (κ2) is 15.9. The van der Waals surface area contributed by atoms with Gasteiger partial charge in [0.25, 0.3) is 15.9 Å². The summed E-state index contributed by atoms with van der Waals surface area (Å²) >= 11 is 0. The first-order valence-corrected chi connectivity index (χ1v) is 20.5. The molecule has 0 spiro atoms. The molecular weight excluding hydrogens is 746 g/mol. The van der Waals surface area contributed by atoms with E-state index in [4.69, 9.17) is 9.47 Å². The van der Waals surface area contributed by atoms with E-state index < -0.39 is 81.0 Å². The lowest BCUT2D eigenvalue weighted by Gasteiger charge is -2.30. The van der Waals surface area contributed by atoms with Crippen molar-refractivity contribution in [1.82, 2.24) is 25.2 Å². The van der Waals surface area contributed by atoms with Gasteiger partial charge < -0.3 is 25.0 Å². The molecule has 3 N–H and O–H groups in total. The molecule has 1 saturated carbocycles. The summed E-state index contributed by atoms with van der Waals surface area (Å²) in [6.07, 6.45) is 3.95. The van der Waals surface area contributed by atoms with E-state index in [-0.39, 0.29) is 43.8 Å². The van der Waals surface area contributed by atoms with E-state index in [2.05, 4.69) is 15.4 Å². The van der Waals surface area contributed by atoms with Crippen LogP contribution in [0.4, 0.5) is 14.0 Å². The summed E-state index contributed by atoms with van der Waals surface area (Å²) in [4.78, 5) is 71.7. The predicted octanol–water partition coefficient (Wildman–Crippen LogP) is 4.66. The van der Waals surface area contributed by atoms with E-state index in [1.807, 2.05) is 6.08 Å². The standard InChI is InChI=1S/C40H50FN5O9S/c1-24-16-17-25(2)33(18-24)56(52,53)44-36(49)40-20-27(40)13-9-7-6-8-10-15-31(42-37(50)55-39(3,4)5)35(48)46-22-28(19-32(46)34(47)43-40)54-38(51)45-21-26-12-11-14-30(41)29(26)23-45/h9,11-14,16-18,27-28,31-32H,6-8,10,15,19-23H2,1-5H3,(H,42,50)(H,43,47)(H,44,49)/t27-,28-,31+,32+,40-/m1/s1. The molecule has 2 aromatic carbocycles. The van der Waals surface area contributed by atoms with E-state index in [1.165, 1.54) is 21.9 Å². The number of alkyl carbamates (subject to hydrolysis) is 1. The van der Waals surface area contributed by atoms with Gasteiger partial charge in [-0.15, -0.1) is 0 Å². The Hall–Kier alpha value is -4.99. The second-order valence-corrected chi connectivity index (χ2v) is 17.9. The van der Waals surface area contributed by atoms with E-state index in [0.29, 0.717) is 41.5 Å². The minimum Gasteiger partial charge on any atom is -0.444 e. The lowest BCUT2D eigenvalue weighted by Crippen LogP contribution is -2.58. The van der Waals surface area contributed by atoms with Crippen molar-refractivity contribution < 1.29 is 46.3 Å². The van der Waals surface area contributed by atoms with E-state index in [9.17, 15) is 36.8 Å². The van der Waals surface area contributed by atoms with Crippen LogP contribution in [-0.2, 0) is 47.0 Å². The highest BCUT2D eigenvalue weighted by Crippen LogP contribution is 2.46. The molecule has 1 aliphatic carbocycles. The third-order valence-electron chi connectivity index (χ3n) is 10.6. The number of allylic oxidation sites excluding steroid dienone is 1. The fraction of sp³-hybridized carbons (Fsp3) is 0.525. The number of benzene rings is 2. The summed E-state index contributed by atoms with van der Waals surface area (Å²) in [5.74, 6) is -3.27. The molecule has 14 nitrogen and oxygen atoms in total. The number of rotatable bonds is 5. The van der Waals surface area contributed by atoms with Gasteiger partial charge in [0, 0.05) is 24.4 Å². The van der Waals surface area contributed by atoms with Crippen molar-refractivity contribution in [3.05, 3.63) is 76.6 Å². The van der Waals surface area contributed by atoms with Gasteiger partial charge in [-0.2, -0.15) is 0 Å². The van der Waals surface area contributed by atoms with Crippen LogP contribution in [0.5, 0.6) is 0 Å². The van der Waals surface area contributed by atoms with Crippen molar-refractivity contribution in [2.45, 2.75) is 127 Å². The van der Waals surface area contributed by atoms with Crippen molar-refractivity contribution in [2.24, 2.45) is 5.92 Å². The molecule has 0 unspecified atom stereocenters. The maximum absolute atomic E-state index is 14.5. The number of carbonyl (C=O) groups excluding carboxylic acids is 5. The Balaban J connectivity index is 1.27. The fourth-order valence-electron chi connectivity index (χ4n) is 7.61. The van der Waals surface area contributed by atoms with Gasteiger partial charge in [0.1, 0.15) is 35.1 Å². The van der Waals surface area contributed by atoms with Crippen LogP contribution in [-0.4, -0.2) is 84.0 Å². The van der Waals surface area contributed by atoms with E-state index in [1.54, 1.807) is 65.0 Å². The number of hydrogen-bond donors (Lipinski definition) is 3. The van der Waals surface area contributed by atoms with Gasteiger partial charge in [0.2, 0.25) is 11.8 Å². The molecule has 16 heteroatoms. The lowest BCUT2D eigenvalue weighted by molar-refractivity contribution is -0.141. The Morgan fingerprint density at radius 1 is 1.04 bits per heavy atom. The number of nitrogens with zero attached hydrogens (tertiary/aromatic N) is 2. The zero-order chi connectivity index (χ0) is 40.6. The summed E-state index contributed by atoms with van der Waals surface area (Å²) < 4.78 is 55.1. The molecule has 0 radical (unpaired) electrons. The first-order valence-electron chi connectivity index (χ1n) is 19.0. The van der Waals surface area contributed by atoms with Crippen molar-refractivity contribution >= 4 is 39.9 Å². The number of aryl methyl sites for hydroxylation is 2. The van der Waals surface area contributed by atoms with Crippen LogP contribution in [0.25, 0.3) is 0 Å². The predicted molar refractivity (Wildman–Crippen MR) is 202 cm³/mol. The minimum atomic E-state index is -4.35. The number of nitrogens with one attached hydrogen (secondary N) is 3. The number of amides is 5. The van der Waals surface area contributed by atoms with Crippen molar-refractivity contribution in [3.63, 3.8) is 0 Å². The summed E-state index contributed by atoms with van der Waals surface area (Å²) in [5, 5.41) is 5.47. The molecule has 1 saturated heterocycles. The average Bonchev–Trinajstić information content (AvgIpc) is 3.41. The van der Waals surface area contributed by atoms with Crippen LogP contribution in [0, 0.1) is 25.6 Å². The molecule has 5 atom stereocenters. The SMILES string of the molecule is Cc1ccc(C)c(S(=O)(=O)NC(=O)[C@@]23C[C@H]2C=CCCCCC[C@H](NC(=O)OC(C)(C)C)C(=O)N2C[C@H](OC(=O)N4Cc5cccc(F)c5C4)C[C@H]2C(=O)N3)c1. The molecular formula is C40H50FN5O9S. The molecule has 2 fully saturated rings. The number of hydrogen-bond acceptors (Lipinski definition) is 9. The zero-order valence-electron chi connectivity index (χ0n) is 32.4. The Bertz CT molecular complexity index is 2050. The Labute approximate surface area is 326 Å². The highest BCUT2D eigenvalue weighted by molar-refractivity contribution is 7.90. The van der Waals surface area contributed by atoms with Gasteiger partial charge in [-0.1, -0.05) is 49.3 Å². The van der Waals surface area contributed by atoms with Crippen LogP contribution in [0.15, 0.2) is 53.4 Å². The van der Waals surface area contributed by atoms with Gasteiger partial charge in [-0.3, -0.25) is 19.3 Å². The largest absolute Gasteiger partial charge is 0.444 e. The van der Waals surface area contributed by atoms with Crippen LogP contribution in [0.1, 0.15) is 88.0 Å². The molecule has 0 bridgehead atoms. The maximum atomic E-state index is 14.5. The quantitative estimate of drug-likeness (QED) is 0.363. The van der Waals surface area contributed by atoms with Gasteiger partial charge >= 0.3 is 12.2 Å². The Morgan fingerprint density at radius 3 is 2.54 bits per heavy atom. The van der Waals surface area contributed by atoms with Gasteiger partial charge in [-0.05, 0) is 89.1 Å². The molecule has 3 aliphatic heterocycles. The number of fused-ring (bicyclic) bond motifs is 3. The Kier molecular flexibility index (Phi) is 11.5. The summed E-state index contributed by atoms with van der Waals surface area (Å²) in [7, 11) is -4.35. The highest BCUT2D eigenvalue weighted by atomic mass is 32.2. The van der Waals surface area contributed by atoms with E-state index in [0.717, 1.165) is 6.42 Å². The summed E-state index contributed by atoms with van der Waals surface area (Å²) in [6, 6.07) is 7.09. The van der Waals surface area contributed by atoms with Crippen molar-refractivity contribution in [1.29, 1.82) is 0 Å². The molecule has 4 aliphatic rings. The van der Waals surface area contributed by atoms with Crippen LogP contribution < -0.4 is 15.4 Å². The maximum Gasteiger partial charge on any atom is 0.410 e. The topological polar surface area (TPSA) is 181 Å². The fourth-order valence-corrected chi connectivity index (χ4v) is 8.98. The van der Waals surface area contributed by atoms with Crippen molar-refractivity contribution in [3.8, 4) is 0 Å². The number of ether oxygens (including phenoxy) is 2. The van der Waals surface area contributed by atoms with Crippen LogP contribution >= 0.6 is 0 Å². The van der Waals surface area contributed by atoms with Crippen molar-refractivity contribution in [2.75, 3.05) is 6.54 Å². The molecule has 3 heterocycles. The number of carbonyl (C=O) groups is 5. The highest BCUT2D eigenvalue weighted by Gasteiger charge is 2.62. The summed E-state index contributed by atoms with van der Waals surface area (Å²) in [5.41, 5.74) is -0.369. The third-order valence-corrected chi connectivity index (χ3v) is 12.1. The van der Waals surface area contributed by atoms with Gasteiger partial charge in [0.15, 0.2) is 0 Å². The minimum absolute atomic E-state index is 0.0144. The number of halogens is 1. The molecule has 0 aromatic heterocycles. The number of sulfonamides is 1. The molecule has 2 aromatic rings.